The predicted octanol–water partition coefficient (Wildman–Crippen LogP) is 3.64. The van der Waals surface area contributed by atoms with E-state index in [-0.39, 0.29) is 36.2 Å². The number of hydrogen-bond acceptors (Lipinski definition) is 5. The average Bonchev–Trinajstić information content (AvgIpc) is 3.38. The van der Waals surface area contributed by atoms with Crippen molar-refractivity contribution in [3.05, 3.63) is 25.3 Å². The van der Waals surface area contributed by atoms with Crippen LogP contribution in [0.15, 0.2) is 25.3 Å². The van der Waals surface area contributed by atoms with Crippen LogP contribution in [0.2, 0.25) is 0 Å². The van der Waals surface area contributed by atoms with Crippen molar-refractivity contribution in [2.24, 2.45) is 23.7 Å². The lowest BCUT2D eigenvalue weighted by Gasteiger charge is -2.44. The molecule has 0 aromatic carbocycles. The van der Waals surface area contributed by atoms with E-state index in [1.807, 2.05) is 48.5 Å². The molecule has 3 rings (SSSR count). The largest absolute Gasteiger partial charge is 0.394 e. The Morgan fingerprint density at radius 3 is 2.31 bits per heavy atom. The molecule has 3 amide bonds. The standard InChI is InChI=1S/C31H51N3O5/c1-11-15-32(16-12-2)26(36)23-24-27(37)34(22(19-35)20(5)14-4)25(28(38)33(17-13-3)29(7,8)9)31(24)18-21(6)30(23,10)39-31/h11,13,20-25,35H,1,3,12,14-19H2,2,4-10H3/t20-,21?,22-,23-,24-,25?,30+,31?/m0/s1. The lowest BCUT2D eigenvalue weighted by molar-refractivity contribution is -0.161. The van der Waals surface area contributed by atoms with Gasteiger partial charge in [0.05, 0.1) is 30.1 Å². The average molecular weight is 546 g/mol. The number of nitrogens with zero attached hydrogens (tertiary/aromatic N) is 3. The molecular formula is C31H51N3O5. The molecule has 3 saturated heterocycles. The molecule has 0 aromatic rings. The zero-order valence-corrected chi connectivity index (χ0v) is 25.4. The van der Waals surface area contributed by atoms with Crippen molar-refractivity contribution in [2.75, 3.05) is 26.2 Å². The Bertz CT molecular complexity index is 976. The van der Waals surface area contributed by atoms with Crippen LogP contribution in [0.3, 0.4) is 0 Å². The number of likely N-dealkylation sites (tertiary alicyclic amines) is 1. The zero-order valence-electron chi connectivity index (χ0n) is 25.4. The van der Waals surface area contributed by atoms with Gasteiger partial charge in [-0.25, -0.2) is 0 Å². The number of hydrogen-bond donors (Lipinski definition) is 1. The molecular weight excluding hydrogens is 494 g/mol. The summed E-state index contributed by atoms with van der Waals surface area (Å²) in [6, 6.07) is -1.51. The highest BCUT2D eigenvalue weighted by atomic mass is 16.5. The van der Waals surface area contributed by atoms with Gasteiger partial charge in [0.1, 0.15) is 11.6 Å². The molecule has 2 bridgehead atoms. The van der Waals surface area contributed by atoms with Crippen molar-refractivity contribution in [3.63, 3.8) is 0 Å². The van der Waals surface area contributed by atoms with E-state index in [1.165, 1.54) is 0 Å². The smallest absolute Gasteiger partial charge is 0.249 e. The molecule has 3 unspecified atom stereocenters. The third-order valence-electron chi connectivity index (χ3n) is 9.64. The van der Waals surface area contributed by atoms with Crippen LogP contribution >= 0.6 is 0 Å². The molecule has 1 N–H and O–H groups in total. The summed E-state index contributed by atoms with van der Waals surface area (Å²) in [5, 5.41) is 10.6. The molecule has 1 spiro atoms. The molecule has 3 aliphatic rings. The first kappa shape index (κ1) is 31.3. The van der Waals surface area contributed by atoms with Gasteiger partial charge in [-0.3, -0.25) is 14.4 Å². The van der Waals surface area contributed by atoms with E-state index in [1.54, 1.807) is 26.9 Å². The number of ether oxygens (including phenoxy) is 1. The van der Waals surface area contributed by atoms with Crippen LogP contribution in [0.25, 0.3) is 0 Å². The van der Waals surface area contributed by atoms with Crippen molar-refractivity contribution < 1.29 is 24.2 Å². The minimum Gasteiger partial charge on any atom is -0.394 e. The van der Waals surface area contributed by atoms with Gasteiger partial charge in [0.15, 0.2) is 0 Å². The van der Waals surface area contributed by atoms with Crippen LogP contribution < -0.4 is 0 Å². The van der Waals surface area contributed by atoms with Gasteiger partial charge in [-0.05, 0) is 52.4 Å². The second-order valence-electron chi connectivity index (χ2n) is 13.1. The lowest BCUT2D eigenvalue weighted by Crippen LogP contribution is -2.62. The van der Waals surface area contributed by atoms with Crippen LogP contribution in [0.4, 0.5) is 0 Å². The third kappa shape index (κ3) is 4.86. The molecule has 0 radical (unpaired) electrons. The van der Waals surface area contributed by atoms with E-state index in [4.69, 9.17) is 4.74 Å². The Labute approximate surface area is 235 Å². The second-order valence-corrected chi connectivity index (χ2v) is 13.1. The Kier molecular flexibility index (Phi) is 9.13. The fraction of sp³-hybridized carbons (Fsp3) is 0.774. The van der Waals surface area contributed by atoms with E-state index in [9.17, 15) is 19.5 Å². The van der Waals surface area contributed by atoms with Gasteiger partial charge in [0.2, 0.25) is 17.7 Å². The molecule has 8 atom stereocenters. The monoisotopic (exact) mass is 545 g/mol. The first-order valence-electron chi connectivity index (χ1n) is 14.7. The zero-order chi connectivity index (χ0) is 29.5. The van der Waals surface area contributed by atoms with Crippen molar-refractivity contribution in [1.29, 1.82) is 0 Å². The summed E-state index contributed by atoms with van der Waals surface area (Å²) in [4.78, 5) is 48.6. The molecule has 220 valence electrons. The van der Waals surface area contributed by atoms with Gasteiger partial charge in [-0.2, -0.15) is 0 Å². The van der Waals surface area contributed by atoms with E-state index in [2.05, 4.69) is 20.1 Å². The highest BCUT2D eigenvalue weighted by Gasteiger charge is 2.80. The van der Waals surface area contributed by atoms with Crippen LogP contribution in [-0.2, 0) is 19.1 Å². The molecule has 3 aliphatic heterocycles. The Morgan fingerprint density at radius 2 is 1.82 bits per heavy atom. The van der Waals surface area contributed by atoms with Crippen LogP contribution in [0, 0.1) is 23.7 Å². The highest BCUT2D eigenvalue weighted by molar-refractivity contribution is 5.99. The highest BCUT2D eigenvalue weighted by Crippen LogP contribution is 2.66. The molecule has 39 heavy (non-hydrogen) atoms. The van der Waals surface area contributed by atoms with Crippen LogP contribution in [0.5, 0.6) is 0 Å². The normalized spacial score (nSPS) is 33.1. The van der Waals surface area contributed by atoms with Gasteiger partial charge in [-0.1, -0.05) is 46.3 Å². The predicted molar refractivity (Wildman–Crippen MR) is 153 cm³/mol. The minimum atomic E-state index is -1.15. The van der Waals surface area contributed by atoms with Crippen molar-refractivity contribution >= 4 is 17.7 Å². The summed E-state index contributed by atoms with van der Waals surface area (Å²) in [5.74, 6) is -2.22. The summed E-state index contributed by atoms with van der Waals surface area (Å²) in [7, 11) is 0. The maximum atomic E-state index is 14.6. The van der Waals surface area contributed by atoms with E-state index in [0.29, 0.717) is 26.1 Å². The van der Waals surface area contributed by atoms with Gasteiger partial charge in [0.25, 0.3) is 0 Å². The molecule has 0 saturated carbocycles. The molecule has 0 aliphatic carbocycles. The summed E-state index contributed by atoms with van der Waals surface area (Å²) in [6.07, 6.45) is 5.40. The van der Waals surface area contributed by atoms with Crippen LogP contribution in [-0.4, -0.2) is 92.6 Å². The molecule has 3 fully saturated rings. The molecule has 0 aromatic heterocycles. The third-order valence-corrected chi connectivity index (χ3v) is 9.64. The summed E-state index contributed by atoms with van der Waals surface area (Å²) < 4.78 is 6.92. The number of fused-ring (bicyclic) bond motifs is 1. The number of carbonyl (C=O) groups excluding carboxylic acids is 3. The second kappa shape index (κ2) is 11.4. The maximum absolute atomic E-state index is 14.6. The number of aliphatic hydroxyl groups excluding tert-OH is 1. The number of carbonyl (C=O) groups is 3. The first-order valence-corrected chi connectivity index (χ1v) is 14.7. The fourth-order valence-electron chi connectivity index (χ4n) is 7.39. The molecule has 8 nitrogen and oxygen atoms in total. The lowest BCUT2D eigenvalue weighted by atomic mass is 9.62. The Hall–Kier alpha value is -2.19. The maximum Gasteiger partial charge on any atom is 0.249 e. The number of aliphatic hydroxyl groups is 1. The quantitative estimate of drug-likeness (QED) is 0.378. The van der Waals surface area contributed by atoms with Gasteiger partial charge >= 0.3 is 0 Å². The van der Waals surface area contributed by atoms with Gasteiger partial charge in [0, 0.05) is 25.2 Å². The summed E-state index contributed by atoms with van der Waals surface area (Å²) >= 11 is 0. The Balaban J connectivity index is 2.25. The van der Waals surface area contributed by atoms with Gasteiger partial charge < -0.3 is 24.5 Å². The van der Waals surface area contributed by atoms with Crippen molar-refractivity contribution in [3.8, 4) is 0 Å². The SMILES string of the molecule is C=CCN(CCC)C(=O)[C@@H]1[C@H]2C(=O)N([C@@H](CO)[C@@H](C)CC)C(C(=O)N(CC=C)C(C)(C)C)C23CC(C)[C@@]1(C)O3. The summed E-state index contributed by atoms with van der Waals surface area (Å²) in [5.41, 5.74) is -2.57. The fourth-order valence-corrected chi connectivity index (χ4v) is 7.39. The van der Waals surface area contributed by atoms with E-state index < -0.39 is 40.7 Å². The molecule has 3 heterocycles. The number of amides is 3. The minimum absolute atomic E-state index is 0.0448. The van der Waals surface area contributed by atoms with Crippen LogP contribution in [0.1, 0.15) is 74.7 Å². The van der Waals surface area contributed by atoms with E-state index >= 15 is 0 Å². The first-order chi connectivity index (χ1) is 18.2. The van der Waals surface area contributed by atoms with E-state index in [0.717, 1.165) is 12.8 Å². The Morgan fingerprint density at radius 1 is 1.21 bits per heavy atom. The van der Waals surface area contributed by atoms with Crippen molar-refractivity contribution in [1.82, 2.24) is 14.7 Å². The number of rotatable bonds is 12. The molecule has 8 heteroatoms. The van der Waals surface area contributed by atoms with Gasteiger partial charge in [-0.15, -0.1) is 13.2 Å². The topological polar surface area (TPSA) is 90.4 Å². The summed E-state index contributed by atoms with van der Waals surface area (Å²) in [6.45, 7) is 24.6. The van der Waals surface area contributed by atoms with Crippen molar-refractivity contribution in [2.45, 2.75) is 103 Å².